The van der Waals surface area contributed by atoms with Crippen LogP contribution in [0.25, 0.3) is 11.1 Å². The van der Waals surface area contributed by atoms with Crippen LogP contribution in [-0.2, 0) is 0 Å². The molecule has 114 valence electrons. The minimum atomic E-state index is 0.545. The molecule has 7 heteroatoms. The summed E-state index contributed by atoms with van der Waals surface area (Å²) >= 11 is 0. The summed E-state index contributed by atoms with van der Waals surface area (Å²) in [6, 6.07) is 0. The molecule has 0 spiro atoms. The van der Waals surface area contributed by atoms with Gasteiger partial charge in [-0.05, 0) is 26.9 Å². The first-order valence-corrected chi connectivity index (χ1v) is 7.46. The lowest BCUT2D eigenvalue weighted by Crippen LogP contribution is -2.44. The number of aryl methyl sites for hydroxylation is 1. The minimum absolute atomic E-state index is 0.545. The van der Waals surface area contributed by atoms with Crippen molar-refractivity contribution in [2.45, 2.75) is 13.3 Å². The third-order valence-corrected chi connectivity index (χ3v) is 3.98. The Morgan fingerprint density at radius 3 is 2.86 bits per heavy atom. The van der Waals surface area contributed by atoms with Crippen LogP contribution in [0.3, 0.4) is 0 Å². The van der Waals surface area contributed by atoms with Crippen molar-refractivity contribution in [2.75, 3.05) is 51.6 Å². The summed E-state index contributed by atoms with van der Waals surface area (Å²) in [5, 5.41) is 8.20. The zero-order valence-corrected chi connectivity index (χ0v) is 12.7. The van der Waals surface area contributed by atoms with Crippen molar-refractivity contribution in [3.63, 3.8) is 0 Å². The van der Waals surface area contributed by atoms with Gasteiger partial charge in [-0.2, -0.15) is 4.98 Å². The summed E-state index contributed by atoms with van der Waals surface area (Å²) in [5.41, 5.74) is 1.37. The van der Waals surface area contributed by atoms with Gasteiger partial charge in [0.15, 0.2) is 0 Å². The number of nitrogens with zero attached hydrogens (tertiary/aromatic N) is 5. The SMILES string of the molecule is Cc1noc2ncnc(NCCCN3CCN(C)CC3)c12. The Morgan fingerprint density at radius 1 is 1.24 bits per heavy atom. The van der Waals surface area contributed by atoms with Crippen LogP contribution in [0.1, 0.15) is 12.1 Å². The highest BCUT2D eigenvalue weighted by molar-refractivity contribution is 5.87. The predicted octanol–water partition coefficient (Wildman–Crippen LogP) is 0.976. The molecule has 1 aliphatic heterocycles. The van der Waals surface area contributed by atoms with Crippen molar-refractivity contribution in [3.8, 4) is 0 Å². The maximum absolute atomic E-state index is 5.15. The van der Waals surface area contributed by atoms with Crippen molar-refractivity contribution in [2.24, 2.45) is 0 Å². The number of nitrogens with one attached hydrogen (secondary N) is 1. The van der Waals surface area contributed by atoms with E-state index in [2.05, 4.69) is 37.3 Å². The minimum Gasteiger partial charge on any atom is -0.369 e. The molecule has 0 amide bonds. The van der Waals surface area contributed by atoms with E-state index in [0.29, 0.717) is 5.71 Å². The van der Waals surface area contributed by atoms with Gasteiger partial charge < -0.3 is 19.6 Å². The number of rotatable bonds is 5. The van der Waals surface area contributed by atoms with Gasteiger partial charge >= 0.3 is 0 Å². The molecule has 2 aromatic heterocycles. The zero-order chi connectivity index (χ0) is 14.7. The lowest BCUT2D eigenvalue weighted by molar-refractivity contribution is 0.154. The molecule has 1 aliphatic rings. The van der Waals surface area contributed by atoms with Gasteiger partial charge in [0, 0.05) is 32.7 Å². The first-order chi connectivity index (χ1) is 10.2. The normalized spacial score (nSPS) is 17.4. The largest absolute Gasteiger partial charge is 0.369 e. The van der Waals surface area contributed by atoms with Crippen LogP contribution in [0.4, 0.5) is 5.82 Å². The van der Waals surface area contributed by atoms with Gasteiger partial charge in [-0.15, -0.1) is 0 Å². The van der Waals surface area contributed by atoms with E-state index in [1.165, 1.54) is 32.5 Å². The number of anilines is 1. The van der Waals surface area contributed by atoms with Crippen LogP contribution in [0.2, 0.25) is 0 Å². The number of hydrogen-bond donors (Lipinski definition) is 1. The Labute approximate surface area is 124 Å². The molecule has 3 heterocycles. The molecule has 1 fully saturated rings. The van der Waals surface area contributed by atoms with Crippen LogP contribution >= 0.6 is 0 Å². The van der Waals surface area contributed by atoms with E-state index in [1.54, 1.807) is 0 Å². The predicted molar refractivity (Wildman–Crippen MR) is 81.4 cm³/mol. The fourth-order valence-corrected chi connectivity index (χ4v) is 2.64. The average molecular weight is 290 g/mol. The number of hydrogen-bond acceptors (Lipinski definition) is 7. The van der Waals surface area contributed by atoms with Crippen molar-refractivity contribution in [1.82, 2.24) is 24.9 Å². The Kier molecular flexibility index (Phi) is 4.31. The fraction of sp³-hybridized carbons (Fsp3) is 0.643. The molecule has 0 radical (unpaired) electrons. The monoisotopic (exact) mass is 290 g/mol. The maximum atomic E-state index is 5.15. The molecule has 1 saturated heterocycles. The first kappa shape index (κ1) is 14.2. The van der Waals surface area contributed by atoms with E-state index in [4.69, 9.17) is 4.52 Å². The molecule has 1 N–H and O–H groups in total. The van der Waals surface area contributed by atoms with Gasteiger partial charge in [-0.25, -0.2) is 4.98 Å². The summed E-state index contributed by atoms with van der Waals surface area (Å²) in [4.78, 5) is 13.3. The molecule has 21 heavy (non-hydrogen) atoms. The van der Waals surface area contributed by atoms with Crippen LogP contribution in [0, 0.1) is 6.92 Å². The van der Waals surface area contributed by atoms with Crippen molar-refractivity contribution in [1.29, 1.82) is 0 Å². The molecule has 0 saturated carbocycles. The standard InChI is InChI=1S/C14H22N6O/c1-11-12-13(16-10-17-14(12)21-18-11)15-4-3-5-20-8-6-19(2)7-9-20/h10H,3-9H2,1-2H3,(H,15,16,17). The molecule has 0 atom stereocenters. The highest BCUT2D eigenvalue weighted by Crippen LogP contribution is 2.22. The molecule has 3 rings (SSSR count). The van der Waals surface area contributed by atoms with Gasteiger partial charge in [0.1, 0.15) is 17.5 Å². The van der Waals surface area contributed by atoms with Gasteiger partial charge in [0.05, 0.1) is 5.69 Å². The summed E-state index contributed by atoms with van der Waals surface area (Å²) in [6.45, 7) is 8.59. The van der Waals surface area contributed by atoms with Gasteiger partial charge in [0.25, 0.3) is 5.71 Å². The topological polar surface area (TPSA) is 70.3 Å². The van der Waals surface area contributed by atoms with Crippen LogP contribution in [0.5, 0.6) is 0 Å². The van der Waals surface area contributed by atoms with Crippen LogP contribution in [0.15, 0.2) is 10.9 Å². The van der Waals surface area contributed by atoms with E-state index >= 15 is 0 Å². The number of piperazine rings is 1. The highest BCUT2D eigenvalue weighted by atomic mass is 16.5. The second-order valence-electron chi connectivity index (χ2n) is 5.60. The third kappa shape index (κ3) is 3.30. The molecular weight excluding hydrogens is 268 g/mol. The zero-order valence-electron chi connectivity index (χ0n) is 12.7. The van der Waals surface area contributed by atoms with Crippen molar-refractivity contribution >= 4 is 16.9 Å². The van der Waals surface area contributed by atoms with Crippen molar-refractivity contribution in [3.05, 3.63) is 12.0 Å². The lowest BCUT2D eigenvalue weighted by Gasteiger charge is -2.32. The quantitative estimate of drug-likeness (QED) is 0.823. The molecule has 0 unspecified atom stereocenters. The molecule has 7 nitrogen and oxygen atoms in total. The molecule has 0 aromatic carbocycles. The summed E-state index contributed by atoms with van der Waals surface area (Å²) in [5.74, 6) is 0.817. The Hall–Kier alpha value is -1.73. The van der Waals surface area contributed by atoms with E-state index in [-0.39, 0.29) is 0 Å². The smallest absolute Gasteiger partial charge is 0.263 e. The Balaban J connectivity index is 1.50. The summed E-state index contributed by atoms with van der Waals surface area (Å²) in [7, 11) is 2.18. The fourth-order valence-electron chi connectivity index (χ4n) is 2.64. The van der Waals surface area contributed by atoms with E-state index in [9.17, 15) is 0 Å². The molecule has 0 aliphatic carbocycles. The van der Waals surface area contributed by atoms with Crippen LogP contribution in [-0.4, -0.2) is 71.2 Å². The maximum Gasteiger partial charge on any atom is 0.263 e. The number of fused-ring (bicyclic) bond motifs is 1. The van der Waals surface area contributed by atoms with E-state index < -0.39 is 0 Å². The van der Waals surface area contributed by atoms with Gasteiger partial charge in [-0.3, -0.25) is 0 Å². The van der Waals surface area contributed by atoms with Crippen molar-refractivity contribution < 1.29 is 4.52 Å². The lowest BCUT2D eigenvalue weighted by atomic mass is 10.3. The van der Waals surface area contributed by atoms with Crippen LogP contribution < -0.4 is 5.32 Å². The van der Waals surface area contributed by atoms with Gasteiger partial charge in [0.2, 0.25) is 0 Å². The Bertz CT molecular complexity index is 590. The molecular formula is C14H22N6O. The molecule has 2 aromatic rings. The summed E-state index contributed by atoms with van der Waals surface area (Å²) in [6.07, 6.45) is 2.61. The van der Waals surface area contributed by atoms with E-state index in [0.717, 1.165) is 36.4 Å². The number of aromatic nitrogens is 3. The van der Waals surface area contributed by atoms with Gasteiger partial charge in [-0.1, -0.05) is 5.16 Å². The average Bonchev–Trinajstić information content (AvgIpc) is 2.88. The Morgan fingerprint density at radius 2 is 2.05 bits per heavy atom. The second-order valence-corrected chi connectivity index (χ2v) is 5.60. The number of likely N-dealkylation sites (N-methyl/N-ethyl adjacent to an activating group) is 1. The highest BCUT2D eigenvalue weighted by Gasteiger charge is 2.14. The first-order valence-electron chi connectivity index (χ1n) is 7.46. The van der Waals surface area contributed by atoms with E-state index in [1.807, 2.05) is 6.92 Å². The second kappa shape index (κ2) is 6.36. The summed E-state index contributed by atoms with van der Waals surface area (Å²) < 4.78 is 5.15. The third-order valence-electron chi connectivity index (χ3n) is 3.98. The molecule has 0 bridgehead atoms.